The van der Waals surface area contributed by atoms with Crippen molar-refractivity contribution in [1.82, 2.24) is 0 Å². The van der Waals surface area contributed by atoms with Crippen molar-refractivity contribution in [1.29, 1.82) is 0 Å². The number of hydrogen-bond acceptors (Lipinski definition) is 4. The first-order valence-electron chi connectivity index (χ1n) is 7.45. The largest absolute Gasteiger partial charge is 0.455 e. The maximum absolute atomic E-state index is 11.6. The Bertz CT molecular complexity index is 392. The lowest BCUT2D eigenvalue weighted by molar-refractivity contribution is -0.202. The van der Waals surface area contributed by atoms with Crippen LogP contribution in [0.4, 0.5) is 0 Å². The van der Waals surface area contributed by atoms with Gasteiger partial charge >= 0.3 is 5.97 Å². The second kappa shape index (κ2) is 5.30. The number of carbonyl (C=O) groups is 2. The zero-order chi connectivity index (χ0) is 14.3. The molecule has 0 heterocycles. The van der Waals surface area contributed by atoms with E-state index in [2.05, 4.69) is 6.92 Å². The molecule has 0 atom stereocenters. The third-order valence-electron chi connectivity index (χ3n) is 5.61. The van der Waals surface area contributed by atoms with E-state index in [4.69, 9.17) is 21.1 Å². The molecular weight excluding hydrogens is 280 g/mol. The van der Waals surface area contributed by atoms with Crippen LogP contribution < -0.4 is 0 Å². The maximum atomic E-state index is 11.6. The van der Waals surface area contributed by atoms with Crippen molar-refractivity contribution in [2.24, 2.45) is 23.7 Å². The molecule has 4 aliphatic carbocycles. The van der Waals surface area contributed by atoms with Gasteiger partial charge in [0.15, 0.2) is 6.61 Å². The van der Waals surface area contributed by atoms with Gasteiger partial charge in [0, 0.05) is 0 Å². The predicted molar refractivity (Wildman–Crippen MR) is 73.2 cm³/mol. The minimum Gasteiger partial charge on any atom is -0.455 e. The van der Waals surface area contributed by atoms with Crippen molar-refractivity contribution in [2.75, 3.05) is 13.2 Å². The van der Waals surface area contributed by atoms with Crippen LogP contribution in [0.5, 0.6) is 0 Å². The maximum Gasteiger partial charge on any atom is 0.332 e. The number of hydrogen-bond donors (Lipinski definition) is 0. The molecule has 4 fully saturated rings. The van der Waals surface area contributed by atoms with Gasteiger partial charge in [0.05, 0.1) is 5.60 Å². The van der Waals surface area contributed by atoms with Crippen molar-refractivity contribution in [2.45, 2.75) is 44.6 Å². The molecule has 0 saturated heterocycles. The quantitative estimate of drug-likeness (QED) is 0.578. The van der Waals surface area contributed by atoms with E-state index < -0.39 is 11.2 Å². The summed E-state index contributed by atoms with van der Waals surface area (Å²) in [5, 5.41) is -0.667. The summed E-state index contributed by atoms with van der Waals surface area (Å²) < 4.78 is 10.7. The summed E-state index contributed by atoms with van der Waals surface area (Å²) >= 11 is 5.14. The van der Waals surface area contributed by atoms with E-state index in [0.29, 0.717) is 11.8 Å². The fourth-order valence-corrected chi connectivity index (χ4v) is 4.80. The van der Waals surface area contributed by atoms with E-state index in [9.17, 15) is 9.59 Å². The Hall–Kier alpha value is -0.610. The third kappa shape index (κ3) is 2.60. The summed E-state index contributed by atoms with van der Waals surface area (Å²) in [6, 6.07) is 0. The highest BCUT2D eigenvalue weighted by Gasteiger charge is 2.55. The molecule has 5 heteroatoms. The Balaban J connectivity index is 1.56. The molecule has 4 saturated carbocycles. The molecule has 0 amide bonds. The molecule has 112 valence electrons. The van der Waals surface area contributed by atoms with E-state index in [1.807, 2.05) is 0 Å². The van der Waals surface area contributed by atoms with E-state index in [0.717, 1.165) is 11.8 Å². The second-order valence-corrected chi connectivity index (χ2v) is 7.21. The number of rotatable bonds is 5. The number of esters is 1. The molecule has 0 unspecified atom stereocenters. The SMILES string of the molecule is CC1(OCC(=O)OCC(=O)Cl)C2CC3CC(C2)CC1C3. The molecule has 0 aliphatic heterocycles. The average Bonchev–Trinajstić information content (AvgIpc) is 2.39. The fraction of sp³-hybridized carbons (Fsp3) is 0.867. The molecule has 4 aliphatic rings. The summed E-state index contributed by atoms with van der Waals surface area (Å²) in [5.74, 6) is 2.38. The zero-order valence-corrected chi connectivity index (χ0v) is 12.5. The van der Waals surface area contributed by atoms with Gasteiger partial charge in [0.25, 0.3) is 5.24 Å². The van der Waals surface area contributed by atoms with E-state index in [-0.39, 0.29) is 18.8 Å². The summed E-state index contributed by atoms with van der Waals surface area (Å²) in [4.78, 5) is 22.1. The van der Waals surface area contributed by atoms with E-state index in [1.54, 1.807) is 0 Å². The van der Waals surface area contributed by atoms with Crippen molar-refractivity contribution in [3.63, 3.8) is 0 Å². The van der Waals surface area contributed by atoms with Crippen molar-refractivity contribution < 1.29 is 19.1 Å². The van der Waals surface area contributed by atoms with Gasteiger partial charge in [-0.25, -0.2) is 4.79 Å². The normalized spacial score (nSPS) is 41.7. The summed E-state index contributed by atoms with van der Waals surface area (Å²) in [5.41, 5.74) is -0.197. The average molecular weight is 301 g/mol. The van der Waals surface area contributed by atoms with Crippen LogP contribution >= 0.6 is 11.6 Å². The summed E-state index contributed by atoms with van der Waals surface area (Å²) in [7, 11) is 0. The van der Waals surface area contributed by atoms with Gasteiger partial charge in [-0.15, -0.1) is 0 Å². The van der Waals surface area contributed by atoms with Crippen LogP contribution in [0.3, 0.4) is 0 Å². The van der Waals surface area contributed by atoms with Gasteiger partial charge in [-0.05, 0) is 74.3 Å². The molecular formula is C15H21ClO4. The molecule has 4 bridgehead atoms. The first-order valence-corrected chi connectivity index (χ1v) is 7.83. The van der Waals surface area contributed by atoms with Crippen LogP contribution in [0.2, 0.25) is 0 Å². The van der Waals surface area contributed by atoms with E-state index in [1.165, 1.54) is 32.1 Å². The molecule has 0 aromatic rings. The number of halogens is 1. The highest BCUT2D eigenvalue weighted by molar-refractivity contribution is 6.64. The van der Waals surface area contributed by atoms with Crippen LogP contribution in [0.1, 0.15) is 39.0 Å². The molecule has 4 rings (SSSR count). The van der Waals surface area contributed by atoms with Gasteiger partial charge < -0.3 is 9.47 Å². The minimum atomic E-state index is -0.667. The molecule has 0 aromatic heterocycles. The van der Waals surface area contributed by atoms with Crippen molar-refractivity contribution in [3.05, 3.63) is 0 Å². The van der Waals surface area contributed by atoms with Crippen LogP contribution in [-0.2, 0) is 19.1 Å². The van der Waals surface area contributed by atoms with Crippen LogP contribution in [0, 0.1) is 23.7 Å². The van der Waals surface area contributed by atoms with Crippen LogP contribution in [0.25, 0.3) is 0 Å². The lowest BCUT2D eigenvalue weighted by Gasteiger charge is -2.59. The van der Waals surface area contributed by atoms with Crippen molar-refractivity contribution >= 4 is 22.8 Å². The Morgan fingerprint density at radius 1 is 1.05 bits per heavy atom. The molecule has 0 N–H and O–H groups in total. The zero-order valence-electron chi connectivity index (χ0n) is 11.8. The monoisotopic (exact) mass is 300 g/mol. The van der Waals surface area contributed by atoms with Crippen LogP contribution in [0.15, 0.2) is 0 Å². The van der Waals surface area contributed by atoms with Gasteiger partial charge in [-0.3, -0.25) is 4.79 Å². The molecule has 0 aromatic carbocycles. The Morgan fingerprint density at radius 3 is 2.10 bits per heavy atom. The second-order valence-electron chi connectivity index (χ2n) is 6.79. The van der Waals surface area contributed by atoms with Crippen LogP contribution in [-0.4, -0.2) is 30.0 Å². The summed E-state index contributed by atoms with van der Waals surface area (Å²) in [6.45, 7) is 1.69. The fourth-order valence-electron chi connectivity index (χ4n) is 4.75. The standard InChI is InChI=1S/C15H21ClO4/c1-15(20-8-14(18)19-7-13(16)17)11-3-9-2-10(5-11)6-12(15)4-9/h9-12H,2-8H2,1H3. The third-order valence-corrected chi connectivity index (χ3v) is 5.72. The minimum absolute atomic E-state index is 0.0804. The highest BCUT2D eigenvalue weighted by atomic mass is 35.5. The lowest BCUT2D eigenvalue weighted by atomic mass is 9.50. The van der Waals surface area contributed by atoms with Gasteiger partial charge in [0.2, 0.25) is 0 Å². The van der Waals surface area contributed by atoms with Crippen molar-refractivity contribution in [3.8, 4) is 0 Å². The lowest BCUT2D eigenvalue weighted by Crippen LogP contribution is -2.57. The van der Waals surface area contributed by atoms with Gasteiger partial charge in [0.1, 0.15) is 6.61 Å². The number of carbonyl (C=O) groups excluding carboxylic acids is 2. The Morgan fingerprint density at radius 2 is 1.60 bits per heavy atom. The highest BCUT2D eigenvalue weighted by Crippen LogP contribution is 2.59. The molecule has 0 radical (unpaired) electrons. The Kier molecular flexibility index (Phi) is 3.80. The first kappa shape index (κ1) is 14.3. The predicted octanol–water partition coefficient (Wildman–Crippen LogP) is 2.53. The van der Waals surface area contributed by atoms with E-state index >= 15 is 0 Å². The van der Waals surface area contributed by atoms with Gasteiger partial charge in [-0.2, -0.15) is 0 Å². The smallest absolute Gasteiger partial charge is 0.332 e. The summed E-state index contributed by atoms with van der Waals surface area (Å²) in [6.07, 6.45) is 6.33. The molecule has 4 nitrogen and oxygen atoms in total. The number of ether oxygens (including phenoxy) is 2. The first-order chi connectivity index (χ1) is 9.47. The molecule has 20 heavy (non-hydrogen) atoms. The van der Waals surface area contributed by atoms with Gasteiger partial charge in [-0.1, -0.05) is 0 Å². The Labute approximate surface area is 124 Å². The topological polar surface area (TPSA) is 52.6 Å². The molecule has 0 spiro atoms.